The van der Waals surface area contributed by atoms with Crippen molar-refractivity contribution in [3.8, 4) is 79.3 Å². The van der Waals surface area contributed by atoms with Gasteiger partial charge in [-0.1, -0.05) is 231 Å². The molecule has 0 aliphatic rings. The largest absolute Gasteiger partial charge is 0.308 e. The standard InChI is InChI=1S/C71H46N6Si/c1-73-58-39-34-51(35-40-58)56-37-42-67-64(46-56)63-45-55(50-32-30-49(48-72)31-33-50)36-41-66(63)77(67)68-43-38-57(47-65(68)71-75-69(52-18-7-2-8-19-52)74-70(76-71)53-20-9-3-10-21-53)54-22-17-29-62(44-54)78(59-23-11-4-12-24-59,60-25-13-5-14-26-60)61-27-15-6-16-28-61/h2-47H. The molecule has 0 amide bonds. The summed E-state index contributed by atoms with van der Waals surface area (Å²) in [5, 5.41) is 17.0. The van der Waals surface area contributed by atoms with E-state index in [0.29, 0.717) is 28.7 Å². The van der Waals surface area contributed by atoms with Crippen LogP contribution in [0.5, 0.6) is 0 Å². The summed E-state index contributed by atoms with van der Waals surface area (Å²) < 4.78 is 2.35. The van der Waals surface area contributed by atoms with Crippen LogP contribution in [0.1, 0.15) is 5.56 Å². The fraction of sp³-hybridized carbons (Fsp3) is 0. The Morgan fingerprint density at radius 1 is 0.359 bits per heavy atom. The van der Waals surface area contributed by atoms with Crippen molar-refractivity contribution in [1.82, 2.24) is 19.5 Å². The van der Waals surface area contributed by atoms with Crippen molar-refractivity contribution in [1.29, 1.82) is 5.26 Å². The van der Waals surface area contributed by atoms with E-state index in [1.165, 1.54) is 20.7 Å². The lowest BCUT2D eigenvalue weighted by molar-refractivity contribution is 1.06. The van der Waals surface area contributed by atoms with E-state index in [2.05, 4.69) is 185 Å². The van der Waals surface area contributed by atoms with E-state index in [9.17, 15) is 5.26 Å². The van der Waals surface area contributed by atoms with Crippen LogP contribution in [0.25, 0.3) is 99.9 Å². The summed E-state index contributed by atoms with van der Waals surface area (Å²) >= 11 is 0. The Hall–Kier alpha value is -10.6. The highest BCUT2D eigenvalue weighted by atomic mass is 28.3. The van der Waals surface area contributed by atoms with Gasteiger partial charge in [0.05, 0.1) is 34.9 Å². The van der Waals surface area contributed by atoms with Gasteiger partial charge in [0.15, 0.2) is 31.2 Å². The topological polar surface area (TPSA) is 71.8 Å². The smallest absolute Gasteiger partial charge is 0.187 e. The number of fused-ring (bicyclic) bond motifs is 3. The number of nitrogens with zero attached hydrogens (tertiary/aromatic N) is 6. The fourth-order valence-corrected chi connectivity index (χ4v) is 15.9. The molecular weight excluding hydrogens is 965 g/mol. The van der Waals surface area contributed by atoms with Gasteiger partial charge in [0.1, 0.15) is 0 Å². The Morgan fingerprint density at radius 3 is 1.24 bits per heavy atom. The quantitative estimate of drug-likeness (QED) is 0.0735. The summed E-state index contributed by atoms with van der Waals surface area (Å²) in [5.74, 6) is 1.69. The van der Waals surface area contributed by atoms with Crippen molar-refractivity contribution in [3.05, 3.63) is 296 Å². The van der Waals surface area contributed by atoms with Crippen LogP contribution < -0.4 is 20.7 Å². The van der Waals surface area contributed by atoms with Crippen LogP contribution in [0.3, 0.4) is 0 Å². The molecule has 0 unspecified atom stereocenters. The molecule has 2 heterocycles. The molecule has 7 heteroatoms. The first-order valence-corrected chi connectivity index (χ1v) is 27.9. The minimum atomic E-state index is -2.88. The normalized spacial score (nSPS) is 11.3. The first-order chi connectivity index (χ1) is 38.5. The summed E-state index contributed by atoms with van der Waals surface area (Å²) in [6, 6.07) is 100. The van der Waals surface area contributed by atoms with E-state index < -0.39 is 8.07 Å². The molecule has 13 aromatic rings. The third-order valence-electron chi connectivity index (χ3n) is 14.9. The van der Waals surface area contributed by atoms with Gasteiger partial charge in [-0.2, -0.15) is 5.26 Å². The summed E-state index contributed by atoms with van der Waals surface area (Å²) in [5.41, 5.74) is 12.9. The van der Waals surface area contributed by atoms with Gasteiger partial charge < -0.3 is 4.57 Å². The van der Waals surface area contributed by atoms with Gasteiger partial charge in [0.25, 0.3) is 0 Å². The number of nitriles is 1. The van der Waals surface area contributed by atoms with Gasteiger partial charge >= 0.3 is 0 Å². The number of rotatable bonds is 11. The fourth-order valence-electron chi connectivity index (χ4n) is 11.1. The van der Waals surface area contributed by atoms with E-state index in [-0.39, 0.29) is 0 Å². The second kappa shape index (κ2) is 20.3. The second-order valence-electron chi connectivity index (χ2n) is 19.3. The van der Waals surface area contributed by atoms with Crippen molar-refractivity contribution in [2.24, 2.45) is 0 Å². The molecule has 0 saturated carbocycles. The van der Waals surface area contributed by atoms with Gasteiger partial charge in [-0.25, -0.2) is 19.8 Å². The Bertz CT molecular complexity index is 4150. The predicted molar refractivity (Wildman–Crippen MR) is 321 cm³/mol. The van der Waals surface area contributed by atoms with Crippen molar-refractivity contribution in [3.63, 3.8) is 0 Å². The highest BCUT2D eigenvalue weighted by molar-refractivity contribution is 7.19. The van der Waals surface area contributed by atoms with Crippen molar-refractivity contribution >= 4 is 56.3 Å². The Kier molecular flexibility index (Phi) is 12.3. The zero-order valence-electron chi connectivity index (χ0n) is 42.2. The highest BCUT2D eigenvalue weighted by Gasteiger charge is 2.41. The summed E-state index contributed by atoms with van der Waals surface area (Å²) in [6.07, 6.45) is 0. The van der Waals surface area contributed by atoms with Crippen LogP contribution in [-0.2, 0) is 0 Å². The van der Waals surface area contributed by atoms with Crippen LogP contribution in [0.15, 0.2) is 279 Å². The van der Waals surface area contributed by atoms with Crippen LogP contribution in [0.4, 0.5) is 5.69 Å². The van der Waals surface area contributed by atoms with E-state index in [4.69, 9.17) is 21.5 Å². The van der Waals surface area contributed by atoms with Crippen LogP contribution in [0, 0.1) is 17.9 Å². The molecule has 0 fully saturated rings. The minimum Gasteiger partial charge on any atom is -0.308 e. The summed E-state index contributed by atoms with van der Waals surface area (Å²) in [6.45, 7) is 7.59. The molecule has 364 valence electrons. The maximum absolute atomic E-state index is 9.65. The minimum absolute atomic E-state index is 0.540. The van der Waals surface area contributed by atoms with Crippen LogP contribution in [-0.4, -0.2) is 27.6 Å². The van der Waals surface area contributed by atoms with Gasteiger partial charge in [-0.05, 0) is 103 Å². The van der Waals surface area contributed by atoms with Crippen LogP contribution >= 0.6 is 0 Å². The van der Waals surface area contributed by atoms with Crippen molar-refractivity contribution < 1.29 is 0 Å². The molecule has 11 aromatic carbocycles. The Labute approximate surface area is 454 Å². The SMILES string of the molecule is [C-]#[N+]c1ccc(-c2ccc3c(c2)c2cc(-c4ccc(C#N)cc4)ccc2n3-c2ccc(-c3cccc([Si](c4ccccc4)(c4ccccc4)c4ccccc4)c3)cc2-c2nc(-c3ccccc3)nc(-c3ccccc3)n2)cc1. The van der Waals surface area contributed by atoms with Crippen molar-refractivity contribution in [2.75, 3.05) is 0 Å². The lowest BCUT2D eigenvalue weighted by Crippen LogP contribution is -2.74. The first kappa shape index (κ1) is 47.2. The lowest BCUT2D eigenvalue weighted by atomic mass is 9.99. The molecule has 0 N–H and O–H groups in total. The first-order valence-electron chi connectivity index (χ1n) is 25.9. The third-order valence-corrected chi connectivity index (χ3v) is 19.6. The molecule has 0 saturated heterocycles. The molecule has 0 aliphatic heterocycles. The second-order valence-corrected chi connectivity index (χ2v) is 23.2. The molecule has 0 atom stereocenters. The monoisotopic (exact) mass is 1010 g/mol. The molecule has 78 heavy (non-hydrogen) atoms. The number of aromatic nitrogens is 4. The Morgan fingerprint density at radius 2 is 0.756 bits per heavy atom. The van der Waals surface area contributed by atoms with Gasteiger partial charge in [-0.3, -0.25) is 0 Å². The zero-order chi connectivity index (χ0) is 52.4. The van der Waals surface area contributed by atoms with Gasteiger partial charge in [0.2, 0.25) is 0 Å². The molecule has 13 rings (SSSR count). The molecule has 0 aliphatic carbocycles. The third kappa shape index (κ3) is 8.53. The maximum atomic E-state index is 9.65. The average molecular weight is 1010 g/mol. The lowest BCUT2D eigenvalue weighted by Gasteiger charge is -2.34. The highest BCUT2D eigenvalue weighted by Crippen LogP contribution is 2.41. The Balaban J connectivity index is 1.08. The predicted octanol–water partition coefficient (Wildman–Crippen LogP) is 14.8. The molecule has 0 bridgehead atoms. The number of hydrogen-bond acceptors (Lipinski definition) is 4. The maximum Gasteiger partial charge on any atom is 0.187 e. The van der Waals surface area contributed by atoms with E-state index in [0.717, 1.165) is 77.6 Å². The molecular formula is C71H46N6Si. The number of hydrogen-bond donors (Lipinski definition) is 0. The summed E-state index contributed by atoms with van der Waals surface area (Å²) in [7, 11) is -2.88. The molecule has 0 radical (unpaired) electrons. The van der Waals surface area contributed by atoms with E-state index in [1.807, 2.05) is 109 Å². The van der Waals surface area contributed by atoms with Gasteiger partial charge in [-0.15, -0.1) is 0 Å². The zero-order valence-corrected chi connectivity index (χ0v) is 43.2. The van der Waals surface area contributed by atoms with Crippen LogP contribution in [0.2, 0.25) is 0 Å². The van der Waals surface area contributed by atoms with Crippen molar-refractivity contribution in [2.45, 2.75) is 0 Å². The molecule has 2 aromatic heterocycles. The average Bonchev–Trinajstić information content (AvgIpc) is 4.07. The molecule has 0 spiro atoms. The van der Waals surface area contributed by atoms with Gasteiger partial charge in [0, 0.05) is 27.5 Å². The van der Waals surface area contributed by atoms with E-state index >= 15 is 0 Å². The summed E-state index contributed by atoms with van der Waals surface area (Å²) in [4.78, 5) is 19.6. The van der Waals surface area contributed by atoms with E-state index in [1.54, 1.807) is 0 Å². The molecule has 6 nitrogen and oxygen atoms in total. The number of benzene rings is 11.